The van der Waals surface area contributed by atoms with E-state index in [-0.39, 0.29) is 12.5 Å². The molecule has 0 fully saturated rings. The van der Waals surface area contributed by atoms with E-state index in [4.69, 9.17) is 0 Å². The first-order valence-corrected chi connectivity index (χ1v) is 24.2. The van der Waals surface area contributed by atoms with Gasteiger partial charge in [0, 0.05) is 6.42 Å². The zero-order valence-electron chi connectivity index (χ0n) is 35.9. The quantitative estimate of drug-likeness (QED) is 0.0545. The maximum atomic E-state index is 12.4. The van der Waals surface area contributed by atoms with Crippen LogP contribution in [0, 0.1) is 0 Å². The molecule has 0 aliphatic carbocycles. The molecule has 0 aliphatic rings. The molecule has 3 N–H and O–H groups in total. The van der Waals surface area contributed by atoms with E-state index in [1.807, 2.05) is 0 Å². The molecule has 0 aromatic heterocycles. The number of rotatable bonds is 45. The van der Waals surface area contributed by atoms with Crippen LogP contribution in [0.1, 0.15) is 284 Å². The standard InChI is InChI=1S/C48H97NO3/c1-3-5-7-9-11-13-15-17-19-21-23-24-26-27-29-31-33-35-37-39-41-43-47(51)46(45-50)49-48(52)44-42-40-38-36-34-32-30-28-25-22-20-18-16-14-12-10-8-6-4-2/h46-47,50-51H,3-45H2,1-2H3,(H,49,52). The molecule has 0 aromatic rings. The van der Waals surface area contributed by atoms with Crippen molar-refractivity contribution in [3.63, 3.8) is 0 Å². The van der Waals surface area contributed by atoms with Crippen molar-refractivity contribution in [3.05, 3.63) is 0 Å². The molecule has 2 unspecified atom stereocenters. The Kier molecular flexibility index (Phi) is 44.3. The number of aliphatic hydroxyl groups is 2. The van der Waals surface area contributed by atoms with Gasteiger partial charge in [-0.3, -0.25) is 4.79 Å². The molecule has 0 rings (SSSR count). The van der Waals surface area contributed by atoms with Gasteiger partial charge in [-0.05, 0) is 12.8 Å². The fourth-order valence-corrected chi connectivity index (χ4v) is 7.89. The summed E-state index contributed by atoms with van der Waals surface area (Å²) in [4.78, 5) is 12.4. The van der Waals surface area contributed by atoms with Crippen LogP contribution in [0.25, 0.3) is 0 Å². The van der Waals surface area contributed by atoms with E-state index in [2.05, 4.69) is 19.2 Å². The zero-order chi connectivity index (χ0) is 37.8. The number of carbonyl (C=O) groups excluding carboxylic acids is 1. The molecule has 0 heterocycles. The summed E-state index contributed by atoms with van der Waals surface area (Å²) < 4.78 is 0. The summed E-state index contributed by atoms with van der Waals surface area (Å²) in [6, 6.07) is -0.530. The van der Waals surface area contributed by atoms with Gasteiger partial charge in [0.05, 0.1) is 18.8 Å². The summed E-state index contributed by atoms with van der Waals surface area (Å²) in [6.45, 7) is 4.39. The third-order valence-corrected chi connectivity index (χ3v) is 11.6. The molecule has 0 aliphatic heterocycles. The highest BCUT2D eigenvalue weighted by molar-refractivity contribution is 5.76. The Hall–Kier alpha value is -0.610. The van der Waals surface area contributed by atoms with Gasteiger partial charge in [-0.1, -0.05) is 264 Å². The lowest BCUT2D eigenvalue weighted by Gasteiger charge is -2.22. The number of hydrogen-bond donors (Lipinski definition) is 3. The normalized spacial score (nSPS) is 12.8. The van der Waals surface area contributed by atoms with Crippen molar-refractivity contribution in [2.75, 3.05) is 6.61 Å². The van der Waals surface area contributed by atoms with Gasteiger partial charge in [-0.25, -0.2) is 0 Å². The van der Waals surface area contributed by atoms with Gasteiger partial charge in [-0.2, -0.15) is 0 Å². The lowest BCUT2D eigenvalue weighted by molar-refractivity contribution is -0.123. The van der Waals surface area contributed by atoms with Gasteiger partial charge in [0.15, 0.2) is 0 Å². The predicted molar refractivity (Wildman–Crippen MR) is 230 cm³/mol. The highest BCUT2D eigenvalue weighted by Crippen LogP contribution is 2.17. The second-order valence-corrected chi connectivity index (χ2v) is 16.9. The summed E-state index contributed by atoms with van der Waals surface area (Å²) in [7, 11) is 0. The van der Waals surface area contributed by atoms with Gasteiger partial charge in [0.1, 0.15) is 0 Å². The third kappa shape index (κ3) is 40.6. The van der Waals surface area contributed by atoms with Crippen molar-refractivity contribution < 1.29 is 15.0 Å². The van der Waals surface area contributed by atoms with Crippen molar-refractivity contribution in [1.29, 1.82) is 0 Å². The van der Waals surface area contributed by atoms with Gasteiger partial charge >= 0.3 is 0 Å². The van der Waals surface area contributed by atoms with Gasteiger partial charge < -0.3 is 15.5 Å². The molecular formula is C48H97NO3. The molecular weight excluding hydrogens is 639 g/mol. The summed E-state index contributed by atoms with van der Waals surface area (Å²) in [5.41, 5.74) is 0. The first-order valence-electron chi connectivity index (χ1n) is 24.2. The van der Waals surface area contributed by atoms with Crippen LogP contribution >= 0.6 is 0 Å². The molecule has 4 nitrogen and oxygen atoms in total. The Morgan fingerprint density at radius 1 is 0.385 bits per heavy atom. The highest BCUT2D eigenvalue weighted by atomic mass is 16.3. The fourth-order valence-electron chi connectivity index (χ4n) is 7.89. The largest absolute Gasteiger partial charge is 0.394 e. The minimum absolute atomic E-state index is 0.0242. The molecule has 0 aromatic carbocycles. The Labute approximate surface area is 327 Å². The fraction of sp³-hybridized carbons (Fsp3) is 0.979. The van der Waals surface area contributed by atoms with Crippen LogP contribution in [0.15, 0.2) is 0 Å². The minimum atomic E-state index is -0.653. The van der Waals surface area contributed by atoms with E-state index in [0.29, 0.717) is 12.8 Å². The van der Waals surface area contributed by atoms with E-state index in [0.717, 1.165) is 25.7 Å². The maximum Gasteiger partial charge on any atom is 0.220 e. The second-order valence-electron chi connectivity index (χ2n) is 16.9. The van der Waals surface area contributed by atoms with E-state index in [1.165, 1.54) is 231 Å². The average Bonchev–Trinajstić information content (AvgIpc) is 3.15. The topological polar surface area (TPSA) is 69.6 Å². The maximum absolute atomic E-state index is 12.4. The van der Waals surface area contributed by atoms with Crippen molar-refractivity contribution in [3.8, 4) is 0 Å². The van der Waals surface area contributed by atoms with Crippen LogP contribution in [-0.4, -0.2) is 34.9 Å². The number of nitrogens with one attached hydrogen (secondary N) is 1. The van der Waals surface area contributed by atoms with Crippen molar-refractivity contribution in [1.82, 2.24) is 5.32 Å². The van der Waals surface area contributed by atoms with E-state index in [1.54, 1.807) is 0 Å². The van der Waals surface area contributed by atoms with Crippen molar-refractivity contribution in [2.45, 2.75) is 296 Å². The zero-order valence-corrected chi connectivity index (χ0v) is 35.9. The number of aliphatic hydroxyl groups excluding tert-OH is 2. The molecule has 0 saturated carbocycles. The monoisotopic (exact) mass is 736 g/mol. The lowest BCUT2D eigenvalue weighted by atomic mass is 10.0. The SMILES string of the molecule is CCCCCCCCCCCCCCCCCCCCCCCC(O)C(CO)NC(=O)CCCCCCCCCCCCCCCCCCCCC. The van der Waals surface area contributed by atoms with Crippen molar-refractivity contribution >= 4 is 5.91 Å². The molecule has 0 spiro atoms. The number of carbonyl (C=O) groups is 1. The molecule has 312 valence electrons. The van der Waals surface area contributed by atoms with Gasteiger partial charge in [-0.15, -0.1) is 0 Å². The molecule has 0 saturated heterocycles. The molecule has 1 amide bonds. The molecule has 2 atom stereocenters. The molecule has 52 heavy (non-hydrogen) atoms. The number of hydrogen-bond acceptors (Lipinski definition) is 3. The summed E-state index contributed by atoms with van der Waals surface area (Å²) >= 11 is 0. The van der Waals surface area contributed by atoms with Crippen LogP contribution < -0.4 is 5.32 Å². The smallest absolute Gasteiger partial charge is 0.220 e. The number of amides is 1. The van der Waals surface area contributed by atoms with E-state index < -0.39 is 12.1 Å². The first-order chi connectivity index (χ1) is 25.7. The first kappa shape index (κ1) is 51.4. The molecule has 0 radical (unpaired) electrons. The Bertz CT molecular complexity index is 670. The molecule has 4 heteroatoms. The summed E-state index contributed by atoms with van der Waals surface area (Å²) in [5.74, 6) is -0.0242. The summed E-state index contributed by atoms with van der Waals surface area (Å²) in [6.07, 6.45) is 54.8. The minimum Gasteiger partial charge on any atom is -0.394 e. The average molecular weight is 736 g/mol. The lowest BCUT2D eigenvalue weighted by Crippen LogP contribution is -2.45. The predicted octanol–water partition coefficient (Wildman–Crippen LogP) is 15.2. The van der Waals surface area contributed by atoms with Crippen LogP contribution in [0.2, 0.25) is 0 Å². The Morgan fingerprint density at radius 2 is 0.615 bits per heavy atom. The highest BCUT2D eigenvalue weighted by Gasteiger charge is 2.20. The summed E-state index contributed by atoms with van der Waals surface area (Å²) in [5, 5.41) is 23.3. The number of unbranched alkanes of at least 4 members (excludes halogenated alkanes) is 38. The Balaban J connectivity index is 3.44. The van der Waals surface area contributed by atoms with E-state index in [9.17, 15) is 15.0 Å². The van der Waals surface area contributed by atoms with Crippen LogP contribution in [-0.2, 0) is 4.79 Å². The van der Waals surface area contributed by atoms with Crippen LogP contribution in [0.3, 0.4) is 0 Å². The van der Waals surface area contributed by atoms with Gasteiger partial charge in [0.2, 0.25) is 5.91 Å². The van der Waals surface area contributed by atoms with Crippen LogP contribution in [0.5, 0.6) is 0 Å². The molecule has 0 bridgehead atoms. The second kappa shape index (κ2) is 44.8. The van der Waals surface area contributed by atoms with Crippen molar-refractivity contribution in [2.24, 2.45) is 0 Å². The van der Waals surface area contributed by atoms with Crippen LogP contribution in [0.4, 0.5) is 0 Å². The van der Waals surface area contributed by atoms with E-state index >= 15 is 0 Å². The third-order valence-electron chi connectivity index (χ3n) is 11.6. The Morgan fingerprint density at radius 3 is 0.865 bits per heavy atom. The van der Waals surface area contributed by atoms with Gasteiger partial charge in [0.25, 0.3) is 0 Å².